The van der Waals surface area contributed by atoms with Crippen LogP contribution in [0, 0.1) is 0 Å². The van der Waals surface area contributed by atoms with Crippen molar-refractivity contribution in [2.24, 2.45) is 0 Å². The van der Waals surface area contributed by atoms with E-state index in [0.717, 1.165) is 5.57 Å². The molecule has 2 amide bonds. The number of alkyl halides is 1. The minimum absolute atomic E-state index is 0.0870. The molecule has 2 heterocycles. The summed E-state index contributed by atoms with van der Waals surface area (Å²) in [5.41, 5.74) is -0.475. The first-order valence-corrected chi connectivity index (χ1v) is 10.7. The topological polar surface area (TPSA) is 98.7 Å². The number of thioether (sulfide) groups is 1. The lowest BCUT2D eigenvalue weighted by atomic mass is 9.87. The van der Waals surface area contributed by atoms with Crippen molar-refractivity contribution in [2.45, 2.75) is 10.9 Å². The number of carboxylic acid groups (broad SMARTS) is 1. The van der Waals surface area contributed by atoms with Crippen LogP contribution in [-0.2, 0) is 14.4 Å². The summed E-state index contributed by atoms with van der Waals surface area (Å²) in [6.07, 6.45) is 1.61. The molecule has 144 valence electrons. The third-order valence-corrected chi connectivity index (χ3v) is 6.77. The molecule has 0 bridgehead atoms. The van der Waals surface area contributed by atoms with E-state index in [0.29, 0.717) is 28.0 Å². The number of carboxylic acids is 1. The molecule has 2 atom stereocenters. The summed E-state index contributed by atoms with van der Waals surface area (Å²) in [6.45, 7) is 0.390. The Morgan fingerprint density at radius 2 is 2.04 bits per heavy atom. The maximum Gasteiger partial charge on any atom is 0.342 e. The van der Waals surface area contributed by atoms with Crippen molar-refractivity contribution in [3.05, 3.63) is 40.0 Å². The molecule has 7 nitrogen and oxygen atoms in total. The second kappa shape index (κ2) is 7.90. The molecule has 1 aromatic carbocycles. The van der Waals surface area contributed by atoms with Gasteiger partial charge in [0.1, 0.15) is 5.37 Å². The molecule has 0 spiro atoms. The average molecular weight is 495 g/mol. The molecular weight excluding hydrogens is 481 g/mol. The Morgan fingerprint density at radius 1 is 1.37 bits per heavy atom. The van der Waals surface area contributed by atoms with Crippen LogP contribution >= 0.6 is 50.9 Å². The van der Waals surface area contributed by atoms with Gasteiger partial charge in [-0.15, -0.1) is 11.8 Å². The standard InChI is InChI=1S/C16H14BrCl2N3O4S/c17-4-11(23)21-16(15(25)26)13(24)22-6-8(7-27-14(16)22)5-20-12-9(18)2-1-3-10(12)19/h1-3,6,14,20H,4-5,7H2,(H,21,23)(H,25,26)/t14-,16?/m0/s1. The predicted octanol–water partition coefficient (Wildman–Crippen LogP) is 2.54. The van der Waals surface area contributed by atoms with E-state index < -0.39 is 28.7 Å². The molecule has 3 N–H and O–H groups in total. The lowest BCUT2D eigenvalue weighted by Crippen LogP contribution is -2.81. The molecule has 0 aromatic heterocycles. The number of hydrogen-bond acceptors (Lipinski definition) is 5. The number of nitrogens with zero attached hydrogens (tertiary/aromatic N) is 1. The number of para-hydroxylation sites is 1. The van der Waals surface area contributed by atoms with E-state index >= 15 is 0 Å². The number of rotatable bonds is 6. The van der Waals surface area contributed by atoms with E-state index in [1.54, 1.807) is 24.4 Å². The van der Waals surface area contributed by atoms with Gasteiger partial charge in [0.15, 0.2) is 0 Å². The van der Waals surface area contributed by atoms with Gasteiger partial charge >= 0.3 is 5.97 Å². The van der Waals surface area contributed by atoms with E-state index in [1.807, 2.05) is 0 Å². The number of nitrogens with one attached hydrogen (secondary N) is 2. The van der Waals surface area contributed by atoms with E-state index in [9.17, 15) is 19.5 Å². The van der Waals surface area contributed by atoms with Crippen LogP contribution in [-0.4, -0.2) is 56.3 Å². The molecule has 3 rings (SSSR count). The molecule has 0 radical (unpaired) electrons. The molecule has 1 unspecified atom stereocenters. The average Bonchev–Trinajstić information content (AvgIpc) is 2.64. The summed E-state index contributed by atoms with van der Waals surface area (Å²) in [4.78, 5) is 37.3. The van der Waals surface area contributed by atoms with Crippen LogP contribution in [0.1, 0.15) is 0 Å². The molecule has 1 aromatic rings. The van der Waals surface area contributed by atoms with Gasteiger partial charge in [-0.25, -0.2) is 4.79 Å². The maximum atomic E-state index is 12.5. The van der Waals surface area contributed by atoms with Gasteiger partial charge in [0.25, 0.3) is 5.91 Å². The third kappa shape index (κ3) is 3.53. The fourth-order valence-electron chi connectivity index (χ4n) is 2.89. The van der Waals surface area contributed by atoms with Crippen LogP contribution in [0.25, 0.3) is 0 Å². The summed E-state index contributed by atoms with van der Waals surface area (Å²) in [5.74, 6) is -2.11. The Balaban J connectivity index is 1.74. The maximum absolute atomic E-state index is 12.5. The van der Waals surface area contributed by atoms with Gasteiger partial charge in [-0.2, -0.15) is 0 Å². The zero-order valence-corrected chi connectivity index (χ0v) is 17.6. The second-order valence-electron chi connectivity index (χ2n) is 5.91. The van der Waals surface area contributed by atoms with Crippen LogP contribution in [0.15, 0.2) is 30.0 Å². The molecule has 1 fully saturated rings. The largest absolute Gasteiger partial charge is 0.479 e. The Morgan fingerprint density at radius 3 is 2.63 bits per heavy atom. The lowest BCUT2D eigenvalue weighted by Gasteiger charge is -2.53. The molecular formula is C16H14BrCl2N3O4S. The van der Waals surface area contributed by atoms with E-state index in [-0.39, 0.29) is 5.33 Å². The number of aliphatic carboxylic acids is 1. The minimum Gasteiger partial charge on any atom is -0.479 e. The van der Waals surface area contributed by atoms with E-state index in [1.165, 1.54) is 16.7 Å². The lowest BCUT2D eigenvalue weighted by molar-refractivity contribution is -0.169. The van der Waals surface area contributed by atoms with Crippen molar-refractivity contribution < 1.29 is 19.5 Å². The minimum atomic E-state index is -1.93. The number of carbonyl (C=O) groups is 3. The molecule has 11 heteroatoms. The number of benzene rings is 1. The van der Waals surface area contributed by atoms with Crippen LogP contribution in [0.5, 0.6) is 0 Å². The summed E-state index contributed by atoms with van der Waals surface area (Å²) >= 11 is 16.5. The van der Waals surface area contributed by atoms with E-state index in [4.69, 9.17) is 23.2 Å². The van der Waals surface area contributed by atoms with Gasteiger partial charge in [-0.05, 0) is 17.7 Å². The van der Waals surface area contributed by atoms with Crippen LogP contribution in [0.4, 0.5) is 5.69 Å². The van der Waals surface area contributed by atoms with Gasteiger partial charge < -0.3 is 20.6 Å². The van der Waals surface area contributed by atoms with Crippen molar-refractivity contribution in [1.29, 1.82) is 0 Å². The van der Waals surface area contributed by atoms with Gasteiger partial charge in [-0.3, -0.25) is 9.59 Å². The number of amides is 2. The quantitative estimate of drug-likeness (QED) is 0.319. The fraction of sp³-hybridized carbons (Fsp3) is 0.312. The van der Waals surface area contributed by atoms with E-state index in [2.05, 4.69) is 26.6 Å². The smallest absolute Gasteiger partial charge is 0.342 e. The highest BCUT2D eigenvalue weighted by molar-refractivity contribution is 9.09. The first-order valence-electron chi connectivity index (χ1n) is 7.73. The van der Waals surface area contributed by atoms with Crippen LogP contribution in [0.2, 0.25) is 10.0 Å². The number of β-lactam (4-membered cyclic amide) rings is 1. The van der Waals surface area contributed by atoms with Crippen LogP contribution in [0.3, 0.4) is 0 Å². The molecule has 2 aliphatic heterocycles. The SMILES string of the molecule is O=C(CBr)NC1(C(=O)O)C(=O)N2C=C(CNc3c(Cl)cccc3Cl)CS[C@H]21. The van der Waals surface area contributed by atoms with Gasteiger partial charge in [0.2, 0.25) is 11.4 Å². The molecule has 0 aliphatic carbocycles. The monoisotopic (exact) mass is 493 g/mol. The van der Waals surface area contributed by atoms with Gasteiger partial charge in [0.05, 0.1) is 21.1 Å². The molecule has 0 saturated carbocycles. The number of hydrogen-bond donors (Lipinski definition) is 3. The Hall–Kier alpha value is -1.42. The van der Waals surface area contributed by atoms with Crippen molar-refractivity contribution in [3.63, 3.8) is 0 Å². The zero-order valence-electron chi connectivity index (χ0n) is 13.7. The summed E-state index contributed by atoms with van der Waals surface area (Å²) in [6, 6.07) is 5.16. The van der Waals surface area contributed by atoms with Crippen molar-refractivity contribution in [3.8, 4) is 0 Å². The Bertz CT molecular complexity index is 833. The Kier molecular flexibility index (Phi) is 5.95. The highest BCUT2D eigenvalue weighted by atomic mass is 79.9. The predicted molar refractivity (Wildman–Crippen MR) is 108 cm³/mol. The normalized spacial score (nSPS) is 23.8. The van der Waals surface area contributed by atoms with Crippen LogP contribution < -0.4 is 10.6 Å². The summed E-state index contributed by atoms with van der Waals surface area (Å²) in [7, 11) is 0. The highest BCUT2D eigenvalue weighted by Gasteiger charge is 2.68. The summed E-state index contributed by atoms with van der Waals surface area (Å²) in [5, 5.41) is 15.2. The zero-order chi connectivity index (χ0) is 19.8. The first kappa shape index (κ1) is 20.3. The Labute approximate surface area is 177 Å². The fourth-order valence-corrected chi connectivity index (χ4v) is 4.94. The third-order valence-electron chi connectivity index (χ3n) is 4.19. The molecule has 1 saturated heterocycles. The number of fused-ring (bicyclic) bond motifs is 1. The van der Waals surface area contributed by atoms with Crippen molar-refractivity contribution in [2.75, 3.05) is 22.9 Å². The second-order valence-corrected chi connectivity index (χ2v) is 8.35. The molecule has 27 heavy (non-hydrogen) atoms. The summed E-state index contributed by atoms with van der Waals surface area (Å²) < 4.78 is 0. The van der Waals surface area contributed by atoms with Gasteiger partial charge in [0, 0.05) is 18.5 Å². The number of halogens is 3. The van der Waals surface area contributed by atoms with Crippen molar-refractivity contribution in [1.82, 2.24) is 10.2 Å². The highest BCUT2D eigenvalue weighted by Crippen LogP contribution is 2.43. The molecule has 2 aliphatic rings. The van der Waals surface area contributed by atoms with Crippen molar-refractivity contribution >= 4 is 74.4 Å². The number of anilines is 1. The number of carbonyl (C=O) groups excluding carboxylic acids is 2. The first-order chi connectivity index (χ1) is 12.8. The van der Waals surface area contributed by atoms with Gasteiger partial charge in [-0.1, -0.05) is 45.2 Å².